The Morgan fingerprint density at radius 1 is 1.15 bits per heavy atom. The summed E-state index contributed by atoms with van der Waals surface area (Å²) >= 11 is 1.61. The van der Waals surface area contributed by atoms with Gasteiger partial charge in [-0.05, 0) is 31.4 Å². The van der Waals surface area contributed by atoms with Gasteiger partial charge in [-0.1, -0.05) is 54.1 Å². The lowest BCUT2D eigenvalue weighted by Gasteiger charge is -2.22. The van der Waals surface area contributed by atoms with Crippen molar-refractivity contribution in [1.29, 1.82) is 0 Å². The fourth-order valence-corrected chi connectivity index (χ4v) is 3.96. The predicted octanol–water partition coefficient (Wildman–Crippen LogP) is 4.85. The van der Waals surface area contributed by atoms with Gasteiger partial charge >= 0.3 is 0 Å². The lowest BCUT2D eigenvalue weighted by atomic mass is 10.1. The average Bonchev–Trinajstić information content (AvgIpc) is 3.39. The maximum atomic E-state index is 12.9. The van der Waals surface area contributed by atoms with Crippen molar-refractivity contribution in [2.24, 2.45) is 0 Å². The van der Waals surface area contributed by atoms with Crippen molar-refractivity contribution >= 4 is 17.2 Å². The molecule has 2 aromatic carbocycles. The molecule has 4 heteroatoms. The Hall–Kier alpha value is -2.46. The first-order chi connectivity index (χ1) is 12.7. The second-order valence-electron chi connectivity index (χ2n) is 6.93. The first kappa shape index (κ1) is 17.0. The van der Waals surface area contributed by atoms with Crippen molar-refractivity contribution in [2.45, 2.75) is 38.8 Å². The van der Waals surface area contributed by atoms with Gasteiger partial charge in [-0.15, -0.1) is 11.3 Å². The normalized spacial score (nSPS) is 13.6. The van der Waals surface area contributed by atoms with Crippen molar-refractivity contribution in [2.75, 3.05) is 0 Å². The molecule has 0 spiro atoms. The molecule has 1 aliphatic rings. The van der Waals surface area contributed by atoms with Crippen LogP contribution in [0.4, 0.5) is 0 Å². The summed E-state index contributed by atoms with van der Waals surface area (Å²) in [6.07, 6.45) is 2.61. The van der Waals surface area contributed by atoms with E-state index in [9.17, 15) is 4.79 Å². The van der Waals surface area contributed by atoms with E-state index in [1.807, 2.05) is 34.5 Å². The smallest absolute Gasteiger partial charge is 0.229 e. The molecule has 0 bridgehead atoms. The summed E-state index contributed by atoms with van der Waals surface area (Å²) in [7, 11) is 0. The zero-order valence-electron chi connectivity index (χ0n) is 14.9. The van der Waals surface area contributed by atoms with Gasteiger partial charge < -0.3 is 4.90 Å². The zero-order valence-corrected chi connectivity index (χ0v) is 15.7. The van der Waals surface area contributed by atoms with Gasteiger partial charge in [0.2, 0.25) is 5.91 Å². The SMILES string of the molecule is Cc1cccc(-c2nc(CC(=O)N(Cc3ccccc3)C3CC3)cs2)c1. The third-order valence-electron chi connectivity index (χ3n) is 4.65. The first-order valence-corrected chi connectivity index (χ1v) is 9.92. The number of nitrogens with zero attached hydrogens (tertiary/aromatic N) is 2. The standard InChI is InChI=1S/C22H22N2OS/c1-16-6-5-9-18(12-16)22-23-19(15-26-22)13-21(25)24(20-10-11-20)14-17-7-3-2-4-8-17/h2-9,12,15,20H,10-11,13-14H2,1H3. The zero-order chi connectivity index (χ0) is 17.9. The molecule has 1 fully saturated rings. The highest BCUT2D eigenvalue weighted by Crippen LogP contribution is 2.30. The van der Waals surface area contributed by atoms with Gasteiger partial charge in [-0.2, -0.15) is 0 Å². The molecular weight excluding hydrogens is 340 g/mol. The van der Waals surface area contributed by atoms with Crippen molar-refractivity contribution in [1.82, 2.24) is 9.88 Å². The Morgan fingerprint density at radius 3 is 2.69 bits per heavy atom. The van der Waals surface area contributed by atoms with Gasteiger partial charge in [-0.25, -0.2) is 4.98 Å². The molecule has 1 aromatic heterocycles. The summed E-state index contributed by atoms with van der Waals surface area (Å²) in [5, 5.41) is 3.00. The quantitative estimate of drug-likeness (QED) is 0.628. The summed E-state index contributed by atoms with van der Waals surface area (Å²) in [4.78, 5) is 19.6. The molecule has 3 aromatic rings. The maximum Gasteiger partial charge on any atom is 0.229 e. The van der Waals surface area contributed by atoms with Gasteiger partial charge in [0, 0.05) is 23.5 Å². The molecule has 132 valence electrons. The molecule has 4 rings (SSSR count). The summed E-state index contributed by atoms with van der Waals surface area (Å²) in [5.74, 6) is 0.178. The fourth-order valence-electron chi connectivity index (χ4n) is 3.14. The summed E-state index contributed by atoms with van der Waals surface area (Å²) in [5.41, 5.74) is 4.40. The van der Waals surface area contributed by atoms with Crippen LogP contribution in [0.2, 0.25) is 0 Å². The minimum Gasteiger partial charge on any atom is -0.335 e. The largest absolute Gasteiger partial charge is 0.335 e. The number of hydrogen-bond acceptors (Lipinski definition) is 3. The third-order valence-corrected chi connectivity index (χ3v) is 5.59. The molecule has 1 amide bonds. The number of benzene rings is 2. The van der Waals surface area contributed by atoms with E-state index in [2.05, 4.69) is 37.3 Å². The number of carbonyl (C=O) groups excluding carboxylic acids is 1. The second-order valence-corrected chi connectivity index (χ2v) is 7.79. The van der Waals surface area contributed by atoms with Crippen LogP contribution >= 0.6 is 11.3 Å². The van der Waals surface area contributed by atoms with E-state index in [0.717, 1.165) is 29.1 Å². The maximum absolute atomic E-state index is 12.9. The van der Waals surface area contributed by atoms with Crippen molar-refractivity contribution in [3.8, 4) is 10.6 Å². The monoisotopic (exact) mass is 362 g/mol. The molecule has 1 saturated carbocycles. The van der Waals surface area contributed by atoms with Crippen LogP contribution in [-0.2, 0) is 17.8 Å². The number of thiazole rings is 1. The van der Waals surface area contributed by atoms with E-state index in [-0.39, 0.29) is 5.91 Å². The van der Waals surface area contributed by atoms with Gasteiger partial charge in [-0.3, -0.25) is 4.79 Å². The molecule has 1 heterocycles. The highest BCUT2D eigenvalue weighted by atomic mass is 32.1. The van der Waals surface area contributed by atoms with Gasteiger partial charge in [0.15, 0.2) is 0 Å². The van der Waals surface area contributed by atoms with Crippen molar-refractivity contribution in [3.63, 3.8) is 0 Å². The summed E-state index contributed by atoms with van der Waals surface area (Å²) in [6, 6.07) is 19.0. The molecule has 0 atom stereocenters. The van der Waals surface area contributed by atoms with Gasteiger partial charge in [0.25, 0.3) is 0 Å². The number of aromatic nitrogens is 1. The van der Waals surface area contributed by atoms with E-state index in [0.29, 0.717) is 19.0 Å². The second kappa shape index (κ2) is 7.42. The van der Waals surface area contributed by atoms with Crippen molar-refractivity contribution < 1.29 is 4.79 Å². The minimum absolute atomic E-state index is 0.178. The number of amides is 1. The Morgan fingerprint density at radius 2 is 1.96 bits per heavy atom. The minimum atomic E-state index is 0.178. The number of rotatable bonds is 6. The molecular formula is C22H22N2OS. The fraction of sp³-hybridized carbons (Fsp3) is 0.273. The third kappa shape index (κ3) is 4.02. The summed E-state index contributed by atoms with van der Waals surface area (Å²) in [6.45, 7) is 2.78. The van der Waals surface area contributed by atoms with Crippen LogP contribution in [0.15, 0.2) is 60.0 Å². The predicted molar refractivity (Wildman–Crippen MR) is 106 cm³/mol. The van der Waals surface area contributed by atoms with Gasteiger partial charge in [0.05, 0.1) is 12.1 Å². The van der Waals surface area contributed by atoms with Crippen LogP contribution in [0.1, 0.15) is 29.7 Å². The lowest BCUT2D eigenvalue weighted by molar-refractivity contribution is -0.131. The van der Waals surface area contributed by atoms with Crippen LogP contribution in [-0.4, -0.2) is 21.8 Å². The molecule has 0 aliphatic heterocycles. The first-order valence-electron chi connectivity index (χ1n) is 9.04. The van der Waals surface area contributed by atoms with Crippen LogP contribution in [0.25, 0.3) is 10.6 Å². The number of carbonyl (C=O) groups is 1. The highest BCUT2D eigenvalue weighted by Gasteiger charge is 2.32. The van der Waals surface area contributed by atoms with E-state index >= 15 is 0 Å². The molecule has 0 saturated heterocycles. The lowest BCUT2D eigenvalue weighted by Crippen LogP contribution is -2.33. The average molecular weight is 362 g/mol. The molecule has 26 heavy (non-hydrogen) atoms. The Bertz CT molecular complexity index is 899. The van der Waals surface area contributed by atoms with Gasteiger partial charge in [0.1, 0.15) is 5.01 Å². The van der Waals surface area contributed by atoms with Crippen LogP contribution in [0, 0.1) is 6.92 Å². The highest BCUT2D eigenvalue weighted by molar-refractivity contribution is 7.13. The molecule has 3 nitrogen and oxygen atoms in total. The molecule has 0 N–H and O–H groups in total. The molecule has 0 radical (unpaired) electrons. The molecule has 0 unspecified atom stereocenters. The van der Waals surface area contributed by atoms with E-state index < -0.39 is 0 Å². The topological polar surface area (TPSA) is 33.2 Å². The Kier molecular flexibility index (Phi) is 4.85. The van der Waals surface area contributed by atoms with E-state index in [1.54, 1.807) is 11.3 Å². The van der Waals surface area contributed by atoms with E-state index in [4.69, 9.17) is 4.98 Å². The van der Waals surface area contributed by atoms with Crippen LogP contribution in [0.5, 0.6) is 0 Å². The number of hydrogen-bond donors (Lipinski definition) is 0. The molecule has 1 aliphatic carbocycles. The Labute approximate surface area is 158 Å². The van der Waals surface area contributed by atoms with Crippen molar-refractivity contribution in [3.05, 3.63) is 76.8 Å². The summed E-state index contributed by atoms with van der Waals surface area (Å²) < 4.78 is 0. The van der Waals surface area contributed by atoms with Crippen LogP contribution in [0.3, 0.4) is 0 Å². The Balaban J connectivity index is 1.46. The van der Waals surface area contributed by atoms with E-state index in [1.165, 1.54) is 11.1 Å². The van der Waals surface area contributed by atoms with Crippen LogP contribution < -0.4 is 0 Å². The number of aryl methyl sites for hydroxylation is 1.